The Hall–Kier alpha value is -22.2. The number of nitriles is 2. The van der Waals surface area contributed by atoms with Crippen LogP contribution in [-0.2, 0) is 0 Å². The fourth-order valence-electron chi connectivity index (χ4n) is 16.8. The standard InChI is InChI=1S/C20H10FN5.C20H13FN4.C20H11N5.C20H14N4O.2C19H11FN4/c1-23-19-11-25-18-7-5-14(12-26(18)19)16-3-2-8-24-20(16)13-4-6-17(21)15(9-13)10-22;1-13-5-7-17(21)16(10-13)20-15(4-3-9-23-20)14-6-8-18-24-11-19(22-2)25(18)12-14;1-22-19-12-24-18-8-7-16(13-25(18)19)17-6-3-9-23-20(17)15-5-2-4-14(10-15)11-21;1-21-19-12-23-18-9-8-15(13-24(18)19)17-7-4-10-22-20(17)14-5-3-6-16(11-14)25-2;1-21-18-11-23-17-9-6-14(12-24(17)18)16-3-2-10-22-19(16)13-4-7-15(20)8-5-13;1-21-18-11-23-17-9-8-13(12-24(17)18)14-6-4-10-22-19(14)15-5-2-3-7-16(15)20/h2-9,11-12H;3-12H,1H3;2-10,12-13H;3-13H,2H3;2*2-12H. The number of pyridine rings is 12. The van der Waals surface area contributed by atoms with Crippen molar-refractivity contribution in [1.29, 1.82) is 10.5 Å². The van der Waals surface area contributed by atoms with Crippen LogP contribution in [-0.4, -0.2) is 93.3 Å². The van der Waals surface area contributed by atoms with Gasteiger partial charge in [-0.15, -0.1) is 0 Å². The van der Waals surface area contributed by atoms with Crippen molar-refractivity contribution in [2.45, 2.75) is 6.92 Å². The van der Waals surface area contributed by atoms with Crippen LogP contribution in [0.1, 0.15) is 16.7 Å². The van der Waals surface area contributed by atoms with Crippen LogP contribution in [0.15, 0.2) is 391 Å². The Balaban J connectivity index is 0.000000112. The summed E-state index contributed by atoms with van der Waals surface area (Å²) in [6, 6.07) is 86.9. The zero-order valence-electron chi connectivity index (χ0n) is 78.5. The molecule has 6 aromatic carbocycles. The first kappa shape index (κ1) is 95.7. The average molecular weight is 1940 g/mol. The Bertz CT molecular complexity index is 9660. The first-order valence-corrected chi connectivity index (χ1v) is 45.4. The van der Waals surface area contributed by atoms with E-state index in [4.69, 9.17) is 54.7 Å². The Morgan fingerprint density at radius 1 is 0.255 bits per heavy atom. The van der Waals surface area contributed by atoms with Crippen molar-refractivity contribution in [2.24, 2.45) is 0 Å². The predicted molar refractivity (Wildman–Crippen MR) is 561 cm³/mol. The van der Waals surface area contributed by atoms with Crippen LogP contribution in [0.25, 0.3) is 197 Å². The Morgan fingerprint density at radius 3 is 0.899 bits per heavy atom. The van der Waals surface area contributed by atoms with Crippen molar-refractivity contribution in [3.63, 3.8) is 0 Å². The Labute approximate surface area is 848 Å². The number of nitrogens with zero attached hydrogens (tertiary/aromatic N) is 26. The monoisotopic (exact) mass is 1940 g/mol. The molecular formula is C118H70F4N26O. The van der Waals surface area contributed by atoms with Crippen molar-refractivity contribution in [2.75, 3.05) is 7.11 Å². The molecule has 149 heavy (non-hydrogen) atoms. The minimum absolute atomic E-state index is 0.0283. The lowest BCUT2D eigenvalue weighted by molar-refractivity contribution is 0.415. The predicted octanol–water partition coefficient (Wildman–Crippen LogP) is 28.3. The zero-order chi connectivity index (χ0) is 103. The number of imidazole rings is 6. The molecule has 24 aromatic rings. The molecule has 0 atom stereocenters. The summed E-state index contributed by atoms with van der Waals surface area (Å²) in [6.45, 7) is 45.4. The molecule has 0 amide bonds. The molecule has 24 rings (SSSR count). The number of fused-ring (bicyclic) bond motifs is 6. The summed E-state index contributed by atoms with van der Waals surface area (Å²) in [6.07, 6.45) is 30.6. The van der Waals surface area contributed by atoms with Crippen molar-refractivity contribution in [3.8, 4) is 152 Å². The highest BCUT2D eigenvalue weighted by molar-refractivity contribution is 5.88. The number of rotatable bonds is 13. The number of hydrogen-bond donors (Lipinski definition) is 0. The summed E-state index contributed by atoms with van der Waals surface area (Å²) in [4.78, 5) is 72.9. The van der Waals surface area contributed by atoms with Gasteiger partial charge in [-0.3, -0.25) is 29.9 Å². The van der Waals surface area contributed by atoms with Crippen LogP contribution in [0.2, 0.25) is 0 Å². The van der Waals surface area contributed by atoms with Gasteiger partial charge in [-0.2, -0.15) is 10.5 Å². The van der Waals surface area contributed by atoms with Gasteiger partial charge >= 0.3 is 0 Å². The van der Waals surface area contributed by atoms with Gasteiger partial charge in [0.15, 0.2) is 0 Å². The highest BCUT2D eigenvalue weighted by atomic mass is 19.1. The highest BCUT2D eigenvalue weighted by Gasteiger charge is 2.23. The van der Waals surface area contributed by atoms with Gasteiger partial charge in [-0.1, -0.05) is 124 Å². The van der Waals surface area contributed by atoms with E-state index in [1.54, 1.807) is 150 Å². The molecule has 0 saturated heterocycles. The topological polar surface area (TPSA) is 264 Å². The van der Waals surface area contributed by atoms with E-state index >= 15 is 0 Å². The average Bonchev–Trinajstić information content (AvgIpc) is 1.78. The first-order chi connectivity index (χ1) is 73.0. The third-order valence-electron chi connectivity index (χ3n) is 23.9. The van der Waals surface area contributed by atoms with Crippen LogP contribution in [0.5, 0.6) is 5.75 Å². The van der Waals surface area contributed by atoms with Crippen molar-refractivity contribution < 1.29 is 22.3 Å². The molecule has 706 valence electrons. The molecule has 18 heterocycles. The summed E-state index contributed by atoms with van der Waals surface area (Å²) >= 11 is 0. The van der Waals surface area contributed by atoms with Crippen LogP contribution >= 0.6 is 0 Å². The lowest BCUT2D eigenvalue weighted by Crippen LogP contribution is -1.94. The van der Waals surface area contributed by atoms with Gasteiger partial charge in [-0.25, -0.2) is 73.9 Å². The van der Waals surface area contributed by atoms with Gasteiger partial charge in [0, 0.05) is 174 Å². The molecule has 0 aliphatic rings. The fourth-order valence-corrected chi connectivity index (χ4v) is 16.8. The Morgan fingerprint density at radius 2 is 0.550 bits per heavy atom. The molecule has 0 unspecified atom stereocenters. The number of aromatic nitrogens is 18. The fraction of sp³-hybridized carbons (Fsp3) is 0.0169. The number of methoxy groups -OCH3 is 1. The van der Waals surface area contributed by atoms with E-state index in [1.807, 2.05) is 232 Å². The maximum Gasteiger partial charge on any atom is 0.254 e. The Kier molecular flexibility index (Phi) is 27.8. The molecule has 0 N–H and O–H groups in total. The highest BCUT2D eigenvalue weighted by Crippen LogP contribution is 2.41. The number of halogens is 4. The van der Waals surface area contributed by atoms with E-state index in [2.05, 4.69) is 94.9 Å². The number of aryl methyl sites for hydroxylation is 1. The van der Waals surface area contributed by atoms with Gasteiger partial charge in [0.05, 0.1) is 133 Å². The molecule has 0 aliphatic carbocycles. The maximum atomic E-state index is 14.4. The molecule has 0 radical (unpaired) electrons. The van der Waals surface area contributed by atoms with Crippen molar-refractivity contribution >= 4 is 68.8 Å². The van der Waals surface area contributed by atoms with Gasteiger partial charge in [0.1, 0.15) is 35.1 Å². The second-order valence-corrected chi connectivity index (χ2v) is 32.8. The lowest BCUT2D eigenvalue weighted by Gasteiger charge is -2.10. The number of benzene rings is 6. The maximum absolute atomic E-state index is 14.4. The normalized spacial score (nSPS) is 10.6. The summed E-state index contributed by atoms with van der Waals surface area (Å²) in [7, 11) is 1.65. The smallest absolute Gasteiger partial charge is 0.254 e. The van der Waals surface area contributed by atoms with E-state index in [0.29, 0.717) is 91.2 Å². The van der Waals surface area contributed by atoms with Gasteiger partial charge in [0.25, 0.3) is 34.9 Å². The third kappa shape index (κ3) is 20.2. The second kappa shape index (κ2) is 43.3. The zero-order valence-corrected chi connectivity index (χ0v) is 78.5. The third-order valence-corrected chi connectivity index (χ3v) is 23.9. The molecule has 18 aromatic heterocycles. The second-order valence-electron chi connectivity index (χ2n) is 32.8. The first-order valence-electron chi connectivity index (χ1n) is 45.4. The van der Waals surface area contributed by atoms with Gasteiger partial charge in [-0.05, 0) is 171 Å². The molecule has 0 bridgehead atoms. The van der Waals surface area contributed by atoms with Gasteiger partial charge < -0.3 is 33.8 Å². The number of hydrogen-bond acceptors (Lipinski definition) is 15. The van der Waals surface area contributed by atoms with E-state index in [1.165, 1.54) is 55.0 Å². The van der Waals surface area contributed by atoms with Crippen molar-refractivity contribution in [1.82, 2.24) is 86.2 Å². The molecule has 0 spiro atoms. The summed E-state index contributed by atoms with van der Waals surface area (Å²) < 4.78 is 71.2. The summed E-state index contributed by atoms with van der Waals surface area (Å²) in [5, 5.41) is 18.2. The molecule has 0 saturated carbocycles. The van der Waals surface area contributed by atoms with Crippen LogP contribution in [0.3, 0.4) is 0 Å². The minimum Gasteiger partial charge on any atom is -0.497 e. The lowest BCUT2D eigenvalue weighted by atomic mass is 9.99. The van der Waals surface area contributed by atoms with E-state index in [9.17, 15) is 17.6 Å². The van der Waals surface area contributed by atoms with Crippen molar-refractivity contribution in [3.05, 3.63) is 499 Å². The van der Waals surface area contributed by atoms with E-state index in [-0.39, 0.29) is 23.0 Å². The number of ether oxygens (including phenoxy) is 1. The van der Waals surface area contributed by atoms with Crippen LogP contribution < -0.4 is 4.74 Å². The van der Waals surface area contributed by atoms with E-state index in [0.717, 1.165) is 129 Å². The largest absolute Gasteiger partial charge is 0.497 e. The SMILES string of the molecule is [C-]#[N+]c1cnc2ccc(-c3cccnc3-c3cc(C)ccc3F)cn12.[C-]#[N+]c1cnc2ccc(-c3cccnc3-c3ccc(F)c(C#N)c3)cn12.[C-]#[N+]c1cnc2ccc(-c3cccnc3-c3ccc(F)cc3)cn12.[C-]#[N+]c1cnc2ccc(-c3cccnc3-c3cccc(C#N)c3)cn12.[C-]#[N+]c1cnc2ccc(-c3cccnc3-c3cccc(OC)c3)cn12.[C-]#[N+]c1cnc2ccc(-c3cccnc3-c3ccccc3F)cn12. The summed E-state index contributed by atoms with van der Waals surface area (Å²) in [5.74, 6) is 2.02. The summed E-state index contributed by atoms with van der Waals surface area (Å²) in [5.41, 5.74) is 24.9. The molecule has 27 nitrogen and oxygen atoms in total. The minimum atomic E-state index is -0.560. The van der Waals surface area contributed by atoms with Gasteiger partial charge in [0.2, 0.25) is 33.9 Å². The molecular weight excluding hydrogens is 1870 g/mol. The molecule has 0 fully saturated rings. The quantitative estimate of drug-likeness (QED) is 0.0767. The van der Waals surface area contributed by atoms with E-state index < -0.39 is 5.82 Å². The van der Waals surface area contributed by atoms with Crippen LogP contribution in [0.4, 0.5) is 52.5 Å². The molecule has 31 heteroatoms. The molecule has 0 aliphatic heterocycles. The van der Waals surface area contributed by atoms with Crippen LogP contribution in [0, 0.1) is 92.3 Å².